The summed E-state index contributed by atoms with van der Waals surface area (Å²) in [6, 6.07) is 4.08. The first-order valence-electron chi connectivity index (χ1n) is 7.82. The van der Waals surface area contributed by atoms with Crippen LogP contribution < -0.4 is 0 Å². The van der Waals surface area contributed by atoms with Gasteiger partial charge < -0.3 is 4.90 Å². The van der Waals surface area contributed by atoms with Crippen molar-refractivity contribution in [2.45, 2.75) is 26.2 Å². The number of aromatic nitrogens is 3. The molecule has 3 heterocycles. The molecular weight excluding hydrogens is 276 g/mol. The molecule has 0 bridgehead atoms. The average Bonchev–Trinajstić information content (AvgIpc) is 2.86. The lowest BCUT2D eigenvalue weighted by Gasteiger charge is -2.32. The highest BCUT2D eigenvalue weighted by atomic mass is 16.2. The Bertz CT molecular complexity index is 650. The lowest BCUT2D eigenvalue weighted by Crippen LogP contribution is -2.40. The maximum absolute atomic E-state index is 12.7. The summed E-state index contributed by atoms with van der Waals surface area (Å²) in [5.41, 5.74) is 2.78. The first-order chi connectivity index (χ1) is 10.6. The van der Waals surface area contributed by atoms with Crippen LogP contribution in [0.25, 0.3) is 0 Å². The van der Waals surface area contributed by atoms with E-state index in [1.54, 1.807) is 10.9 Å². The molecule has 1 amide bonds. The highest BCUT2D eigenvalue weighted by molar-refractivity contribution is 5.95. The number of hydrogen-bond acceptors (Lipinski definition) is 3. The van der Waals surface area contributed by atoms with Crippen LogP contribution in [-0.4, -0.2) is 38.7 Å². The molecule has 0 spiro atoms. The van der Waals surface area contributed by atoms with Gasteiger partial charge in [-0.05, 0) is 43.7 Å². The monoisotopic (exact) mass is 298 g/mol. The summed E-state index contributed by atoms with van der Waals surface area (Å²) in [5, 5.41) is 4.27. The number of nitrogens with zero attached hydrogens (tertiary/aromatic N) is 4. The highest BCUT2D eigenvalue weighted by Gasteiger charge is 2.26. The van der Waals surface area contributed by atoms with Crippen LogP contribution in [0.3, 0.4) is 0 Å². The summed E-state index contributed by atoms with van der Waals surface area (Å²) < 4.78 is 1.71. The predicted octanol–water partition coefficient (Wildman–Crippen LogP) is 2.22. The van der Waals surface area contributed by atoms with E-state index in [0.717, 1.165) is 37.2 Å². The molecule has 0 N–H and O–H groups in total. The van der Waals surface area contributed by atoms with E-state index in [1.807, 2.05) is 37.3 Å². The van der Waals surface area contributed by atoms with Gasteiger partial charge in [0.25, 0.3) is 5.91 Å². The van der Waals surface area contributed by atoms with Crippen molar-refractivity contribution in [2.24, 2.45) is 13.0 Å². The van der Waals surface area contributed by atoms with Crippen molar-refractivity contribution in [3.8, 4) is 0 Å². The Kier molecular flexibility index (Phi) is 4.22. The molecule has 1 fully saturated rings. The minimum atomic E-state index is 0.112. The fraction of sp³-hybridized carbons (Fsp3) is 0.471. The summed E-state index contributed by atoms with van der Waals surface area (Å²) in [7, 11) is 1.85. The molecule has 116 valence electrons. The summed E-state index contributed by atoms with van der Waals surface area (Å²) in [5.74, 6) is 0.625. The third-order valence-corrected chi connectivity index (χ3v) is 4.30. The number of likely N-dealkylation sites (tertiary alicyclic amines) is 1. The number of amides is 1. The second-order valence-corrected chi connectivity index (χ2v) is 6.13. The van der Waals surface area contributed by atoms with Crippen molar-refractivity contribution in [3.63, 3.8) is 0 Å². The van der Waals surface area contributed by atoms with Gasteiger partial charge >= 0.3 is 0 Å². The maximum atomic E-state index is 12.7. The van der Waals surface area contributed by atoms with Crippen LogP contribution in [0.15, 0.2) is 30.7 Å². The van der Waals surface area contributed by atoms with Crippen LogP contribution in [0.4, 0.5) is 0 Å². The van der Waals surface area contributed by atoms with Crippen molar-refractivity contribution in [2.75, 3.05) is 13.1 Å². The van der Waals surface area contributed by atoms with Crippen LogP contribution in [-0.2, 0) is 13.5 Å². The van der Waals surface area contributed by atoms with Gasteiger partial charge in [-0.1, -0.05) is 6.07 Å². The lowest BCUT2D eigenvalue weighted by atomic mass is 9.91. The Morgan fingerprint density at radius 3 is 3.00 bits per heavy atom. The van der Waals surface area contributed by atoms with Crippen LogP contribution >= 0.6 is 0 Å². The first kappa shape index (κ1) is 14.8. The molecule has 1 saturated heterocycles. The fourth-order valence-corrected chi connectivity index (χ4v) is 3.25. The first-order valence-corrected chi connectivity index (χ1v) is 7.82. The zero-order valence-electron chi connectivity index (χ0n) is 13.2. The number of pyridine rings is 1. The standard InChI is InChI=1S/C17H22N4O/c1-13-16(12-20(2)19-13)17(22)21-8-4-6-15(11-21)9-14-5-3-7-18-10-14/h3,5,7,10,12,15H,4,6,8-9,11H2,1-2H3/t15-/m0/s1. The van der Waals surface area contributed by atoms with Gasteiger partial charge in [0.05, 0.1) is 11.3 Å². The molecule has 0 aromatic carbocycles. The summed E-state index contributed by atoms with van der Waals surface area (Å²) in [6.45, 7) is 3.56. The number of piperidine rings is 1. The van der Waals surface area contributed by atoms with E-state index in [-0.39, 0.29) is 5.91 Å². The Labute approximate surface area is 131 Å². The van der Waals surface area contributed by atoms with Gasteiger partial charge in [0, 0.05) is 38.7 Å². The molecule has 0 unspecified atom stereocenters. The van der Waals surface area contributed by atoms with Gasteiger partial charge in [-0.15, -0.1) is 0 Å². The van der Waals surface area contributed by atoms with Gasteiger partial charge in [0.2, 0.25) is 0 Å². The third kappa shape index (κ3) is 3.18. The molecule has 22 heavy (non-hydrogen) atoms. The lowest BCUT2D eigenvalue weighted by molar-refractivity contribution is 0.0672. The van der Waals surface area contributed by atoms with Crippen LogP contribution in [0.1, 0.15) is 34.5 Å². The van der Waals surface area contributed by atoms with E-state index in [4.69, 9.17) is 0 Å². The Balaban J connectivity index is 1.68. The number of hydrogen-bond donors (Lipinski definition) is 0. The van der Waals surface area contributed by atoms with Crippen LogP contribution in [0.2, 0.25) is 0 Å². The Hall–Kier alpha value is -2.17. The zero-order chi connectivity index (χ0) is 15.5. The van der Waals surface area contributed by atoms with E-state index < -0.39 is 0 Å². The summed E-state index contributed by atoms with van der Waals surface area (Å²) in [4.78, 5) is 18.8. The number of carbonyl (C=O) groups is 1. The highest BCUT2D eigenvalue weighted by Crippen LogP contribution is 2.22. The summed E-state index contributed by atoms with van der Waals surface area (Å²) >= 11 is 0. The van der Waals surface area contributed by atoms with Crippen LogP contribution in [0, 0.1) is 12.8 Å². The third-order valence-electron chi connectivity index (χ3n) is 4.30. The molecular formula is C17H22N4O. The second-order valence-electron chi connectivity index (χ2n) is 6.13. The van der Waals surface area contributed by atoms with Crippen molar-refractivity contribution in [3.05, 3.63) is 47.5 Å². The Morgan fingerprint density at radius 1 is 1.45 bits per heavy atom. The van der Waals surface area contributed by atoms with Crippen LogP contribution in [0.5, 0.6) is 0 Å². The van der Waals surface area contributed by atoms with E-state index in [0.29, 0.717) is 5.92 Å². The van der Waals surface area contributed by atoms with Crippen molar-refractivity contribution in [1.29, 1.82) is 0 Å². The molecule has 3 rings (SSSR count). The molecule has 2 aromatic heterocycles. The smallest absolute Gasteiger partial charge is 0.257 e. The van der Waals surface area contributed by atoms with E-state index in [1.165, 1.54) is 12.0 Å². The van der Waals surface area contributed by atoms with Crippen molar-refractivity contribution < 1.29 is 4.79 Å². The predicted molar refractivity (Wildman–Crippen MR) is 84.5 cm³/mol. The molecule has 2 aromatic rings. The maximum Gasteiger partial charge on any atom is 0.257 e. The topological polar surface area (TPSA) is 51.0 Å². The molecule has 1 aliphatic heterocycles. The van der Waals surface area contributed by atoms with E-state index in [9.17, 15) is 4.79 Å². The van der Waals surface area contributed by atoms with Crippen molar-refractivity contribution in [1.82, 2.24) is 19.7 Å². The quantitative estimate of drug-likeness (QED) is 0.873. The minimum absolute atomic E-state index is 0.112. The number of rotatable bonds is 3. The van der Waals surface area contributed by atoms with Gasteiger partial charge in [0.15, 0.2) is 0 Å². The number of aryl methyl sites for hydroxylation is 2. The number of carbonyl (C=O) groups excluding carboxylic acids is 1. The van der Waals surface area contributed by atoms with Crippen molar-refractivity contribution >= 4 is 5.91 Å². The normalized spacial score (nSPS) is 18.5. The van der Waals surface area contributed by atoms with Gasteiger partial charge in [0.1, 0.15) is 0 Å². The van der Waals surface area contributed by atoms with Gasteiger partial charge in [-0.3, -0.25) is 14.5 Å². The minimum Gasteiger partial charge on any atom is -0.338 e. The largest absolute Gasteiger partial charge is 0.338 e. The molecule has 1 atom stereocenters. The fourth-order valence-electron chi connectivity index (χ4n) is 3.25. The molecule has 1 aliphatic rings. The molecule has 5 nitrogen and oxygen atoms in total. The molecule has 0 aliphatic carbocycles. The van der Waals surface area contributed by atoms with E-state index >= 15 is 0 Å². The Morgan fingerprint density at radius 2 is 2.32 bits per heavy atom. The summed E-state index contributed by atoms with van der Waals surface area (Å²) in [6.07, 6.45) is 8.77. The molecule has 0 saturated carbocycles. The second kappa shape index (κ2) is 6.30. The SMILES string of the molecule is Cc1nn(C)cc1C(=O)N1CCC[C@@H](Cc2cccnc2)C1. The van der Waals surface area contributed by atoms with E-state index in [2.05, 4.69) is 16.1 Å². The molecule has 0 radical (unpaired) electrons. The van der Waals surface area contributed by atoms with Gasteiger partial charge in [-0.25, -0.2) is 0 Å². The molecule has 5 heteroatoms. The average molecular weight is 298 g/mol. The zero-order valence-corrected chi connectivity index (χ0v) is 13.2. The van der Waals surface area contributed by atoms with Gasteiger partial charge in [-0.2, -0.15) is 5.10 Å².